The normalized spacial score (nSPS) is 15.6. The van der Waals surface area contributed by atoms with Gasteiger partial charge in [0.25, 0.3) is 5.91 Å². The maximum absolute atomic E-state index is 12.7. The first-order chi connectivity index (χ1) is 14.4. The molecule has 0 fully saturated rings. The number of fused-ring (bicyclic) bond motifs is 1. The molecule has 4 rings (SSSR count). The number of hydrogen-bond acceptors (Lipinski definition) is 5. The van der Waals surface area contributed by atoms with Crippen molar-refractivity contribution in [3.63, 3.8) is 0 Å². The number of hydrogen-bond donors (Lipinski definition) is 1. The SMILES string of the molecule is CS(=O)(=O)N1CC(C(=O)Nc2ccc(Oc3ccccc3)cc2)Oc2ccccc21. The lowest BCUT2D eigenvalue weighted by atomic mass is 10.2. The molecule has 0 spiro atoms. The molecule has 1 N–H and O–H groups in total. The summed E-state index contributed by atoms with van der Waals surface area (Å²) in [6.45, 7) is -0.100. The van der Waals surface area contributed by atoms with Gasteiger partial charge in [-0.25, -0.2) is 8.42 Å². The number of rotatable bonds is 5. The number of amides is 1. The Kier molecular flexibility index (Phi) is 5.33. The summed E-state index contributed by atoms with van der Waals surface area (Å²) >= 11 is 0. The molecular weight excluding hydrogens is 404 g/mol. The van der Waals surface area contributed by atoms with Gasteiger partial charge in [0.15, 0.2) is 6.10 Å². The van der Waals surface area contributed by atoms with Gasteiger partial charge in [-0.3, -0.25) is 9.10 Å². The molecule has 1 aliphatic rings. The molecule has 0 radical (unpaired) electrons. The highest BCUT2D eigenvalue weighted by Gasteiger charge is 2.34. The number of sulfonamides is 1. The summed E-state index contributed by atoms with van der Waals surface area (Å²) in [5.74, 6) is 1.26. The zero-order valence-electron chi connectivity index (χ0n) is 16.2. The number of nitrogens with zero attached hydrogens (tertiary/aromatic N) is 1. The summed E-state index contributed by atoms with van der Waals surface area (Å²) in [6, 6.07) is 23.0. The second-order valence-corrected chi connectivity index (χ2v) is 8.70. The van der Waals surface area contributed by atoms with Crippen LogP contribution in [0.25, 0.3) is 0 Å². The van der Waals surface area contributed by atoms with E-state index < -0.39 is 22.0 Å². The molecule has 7 nitrogen and oxygen atoms in total. The molecule has 1 amide bonds. The third-order valence-electron chi connectivity index (χ3n) is 4.53. The number of anilines is 2. The summed E-state index contributed by atoms with van der Waals surface area (Å²) in [5.41, 5.74) is 0.972. The number of ether oxygens (including phenoxy) is 2. The molecule has 1 unspecified atom stereocenters. The maximum atomic E-state index is 12.7. The van der Waals surface area contributed by atoms with E-state index in [-0.39, 0.29) is 6.54 Å². The van der Waals surface area contributed by atoms with Crippen molar-refractivity contribution >= 4 is 27.3 Å². The van der Waals surface area contributed by atoms with E-state index in [9.17, 15) is 13.2 Å². The highest BCUT2D eigenvalue weighted by Crippen LogP contribution is 2.34. The Bertz CT molecular complexity index is 1150. The van der Waals surface area contributed by atoms with Crippen LogP contribution in [0.2, 0.25) is 0 Å². The first-order valence-electron chi connectivity index (χ1n) is 9.27. The number of nitrogens with one attached hydrogen (secondary N) is 1. The minimum atomic E-state index is -3.56. The van der Waals surface area contributed by atoms with Crippen molar-refractivity contribution < 1.29 is 22.7 Å². The standard InChI is InChI=1S/C22H20N2O5S/c1-30(26,27)24-15-21(29-20-10-6-5-9-19(20)24)22(25)23-16-11-13-18(14-12-16)28-17-7-3-2-4-8-17/h2-14,21H,15H2,1H3,(H,23,25). The number of carbonyl (C=O) groups excluding carboxylic acids is 1. The van der Waals surface area contributed by atoms with Crippen molar-refractivity contribution in [3.8, 4) is 17.2 Å². The Morgan fingerprint density at radius 3 is 2.30 bits per heavy atom. The molecule has 1 aliphatic heterocycles. The van der Waals surface area contributed by atoms with Gasteiger partial charge < -0.3 is 14.8 Å². The monoisotopic (exact) mass is 424 g/mol. The first kappa shape index (κ1) is 19.8. The molecule has 1 heterocycles. The fraction of sp³-hybridized carbons (Fsp3) is 0.136. The van der Waals surface area contributed by atoms with E-state index in [1.54, 1.807) is 48.5 Å². The third kappa shape index (κ3) is 4.38. The Morgan fingerprint density at radius 2 is 1.60 bits per heavy atom. The third-order valence-corrected chi connectivity index (χ3v) is 5.67. The molecule has 0 aromatic heterocycles. The molecule has 1 atom stereocenters. The summed E-state index contributed by atoms with van der Waals surface area (Å²) in [4.78, 5) is 12.7. The van der Waals surface area contributed by atoms with E-state index >= 15 is 0 Å². The van der Waals surface area contributed by atoms with Gasteiger partial charge >= 0.3 is 0 Å². The fourth-order valence-corrected chi connectivity index (χ4v) is 4.02. The van der Waals surface area contributed by atoms with Crippen LogP contribution in [0.3, 0.4) is 0 Å². The first-order valence-corrected chi connectivity index (χ1v) is 11.1. The van der Waals surface area contributed by atoms with Gasteiger partial charge in [-0.15, -0.1) is 0 Å². The molecule has 8 heteroatoms. The lowest BCUT2D eigenvalue weighted by Gasteiger charge is -2.33. The quantitative estimate of drug-likeness (QED) is 0.676. The Balaban J connectivity index is 1.46. The van der Waals surface area contributed by atoms with E-state index in [1.807, 2.05) is 30.3 Å². The zero-order valence-corrected chi connectivity index (χ0v) is 17.0. The lowest BCUT2D eigenvalue weighted by molar-refractivity contribution is -0.122. The van der Waals surface area contributed by atoms with Crippen LogP contribution in [-0.2, 0) is 14.8 Å². The Labute approximate surface area is 174 Å². The highest BCUT2D eigenvalue weighted by atomic mass is 32.2. The van der Waals surface area contributed by atoms with Gasteiger partial charge in [-0.05, 0) is 48.5 Å². The molecule has 154 valence electrons. The Morgan fingerprint density at radius 1 is 0.967 bits per heavy atom. The van der Waals surface area contributed by atoms with Gasteiger partial charge in [0.1, 0.15) is 17.2 Å². The van der Waals surface area contributed by atoms with Crippen LogP contribution in [0.4, 0.5) is 11.4 Å². The number of benzene rings is 3. The predicted molar refractivity (Wildman–Crippen MR) is 115 cm³/mol. The van der Waals surface area contributed by atoms with E-state index in [4.69, 9.17) is 9.47 Å². The predicted octanol–water partition coefficient (Wildman–Crippen LogP) is 3.64. The van der Waals surface area contributed by atoms with Crippen molar-refractivity contribution in [1.82, 2.24) is 0 Å². The second kappa shape index (κ2) is 8.08. The lowest BCUT2D eigenvalue weighted by Crippen LogP contribution is -2.48. The summed E-state index contributed by atoms with van der Waals surface area (Å²) in [5, 5.41) is 2.76. The average Bonchev–Trinajstić information content (AvgIpc) is 2.74. The molecule has 0 bridgehead atoms. The van der Waals surface area contributed by atoms with Crippen molar-refractivity contribution in [3.05, 3.63) is 78.9 Å². The molecule has 0 saturated heterocycles. The van der Waals surface area contributed by atoms with Crippen LogP contribution in [0.1, 0.15) is 0 Å². The Hall–Kier alpha value is -3.52. The molecule has 30 heavy (non-hydrogen) atoms. The molecule has 3 aromatic rings. The average molecular weight is 424 g/mol. The van der Waals surface area contributed by atoms with Crippen LogP contribution >= 0.6 is 0 Å². The zero-order chi connectivity index (χ0) is 21.1. The minimum absolute atomic E-state index is 0.100. The second-order valence-electron chi connectivity index (χ2n) is 6.80. The van der Waals surface area contributed by atoms with Gasteiger partial charge in [0.05, 0.1) is 18.5 Å². The van der Waals surface area contributed by atoms with Crippen LogP contribution in [0.5, 0.6) is 17.2 Å². The molecule has 3 aromatic carbocycles. The van der Waals surface area contributed by atoms with Crippen LogP contribution in [0, 0.1) is 0 Å². The number of para-hydroxylation sites is 3. The van der Waals surface area contributed by atoms with E-state index in [0.717, 1.165) is 6.26 Å². The van der Waals surface area contributed by atoms with Gasteiger partial charge in [0, 0.05) is 5.69 Å². The summed E-state index contributed by atoms with van der Waals surface area (Å²) in [7, 11) is -3.56. The van der Waals surface area contributed by atoms with Crippen molar-refractivity contribution in [2.45, 2.75) is 6.10 Å². The summed E-state index contributed by atoms with van der Waals surface area (Å²) < 4.78 is 37.0. The largest absolute Gasteiger partial charge is 0.476 e. The van der Waals surface area contributed by atoms with Gasteiger partial charge in [-0.2, -0.15) is 0 Å². The fourth-order valence-electron chi connectivity index (χ4n) is 3.11. The molecule has 0 saturated carbocycles. The van der Waals surface area contributed by atoms with Gasteiger partial charge in [0.2, 0.25) is 10.0 Å². The van der Waals surface area contributed by atoms with Crippen LogP contribution in [-0.4, -0.2) is 33.2 Å². The van der Waals surface area contributed by atoms with Crippen molar-refractivity contribution in [2.75, 3.05) is 22.4 Å². The van der Waals surface area contributed by atoms with Crippen molar-refractivity contribution in [1.29, 1.82) is 0 Å². The molecular formula is C22H20N2O5S. The topological polar surface area (TPSA) is 84.9 Å². The van der Waals surface area contributed by atoms with Crippen LogP contribution in [0.15, 0.2) is 78.9 Å². The smallest absolute Gasteiger partial charge is 0.267 e. The van der Waals surface area contributed by atoms with E-state index in [2.05, 4.69) is 5.32 Å². The maximum Gasteiger partial charge on any atom is 0.267 e. The van der Waals surface area contributed by atoms with Crippen LogP contribution < -0.4 is 19.1 Å². The van der Waals surface area contributed by atoms with Crippen molar-refractivity contribution in [2.24, 2.45) is 0 Å². The number of carbonyl (C=O) groups is 1. The minimum Gasteiger partial charge on any atom is -0.476 e. The summed E-state index contributed by atoms with van der Waals surface area (Å²) in [6.07, 6.45) is 0.130. The highest BCUT2D eigenvalue weighted by molar-refractivity contribution is 7.92. The van der Waals surface area contributed by atoms with Gasteiger partial charge in [-0.1, -0.05) is 30.3 Å². The van der Waals surface area contributed by atoms with E-state index in [0.29, 0.717) is 28.6 Å². The molecule has 0 aliphatic carbocycles. The van der Waals surface area contributed by atoms with E-state index in [1.165, 1.54) is 4.31 Å².